The smallest absolute Gasteiger partial charge is 0.231 e. The molecule has 2 unspecified atom stereocenters. The molecular formula is C25H23BrFN2O4+. The zero-order chi connectivity index (χ0) is 22.9. The summed E-state index contributed by atoms with van der Waals surface area (Å²) in [7, 11) is 0. The summed E-state index contributed by atoms with van der Waals surface area (Å²) in [5, 5.41) is 16.5. The van der Waals surface area contributed by atoms with Crippen LogP contribution in [0.2, 0.25) is 0 Å². The molecule has 4 N–H and O–H groups in total. The molecule has 0 saturated carbocycles. The van der Waals surface area contributed by atoms with Gasteiger partial charge in [0.2, 0.25) is 6.79 Å². The van der Waals surface area contributed by atoms with Gasteiger partial charge in [0.05, 0.1) is 16.6 Å². The van der Waals surface area contributed by atoms with Crippen molar-refractivity contribution in [1.29, 1.82) is 0 Å². The van der Waals surface area contributed by atoms with E-state index in [1.807, 2.05) is 37.3 Å². The molecule has 0 radical (unpaired) electrons. The molecule has 2 heterocycles. The minimum absolute atomic E-state index is 0.114. The van der Waals surface area contributed by atoms with E-state index in [0.29, 0.717) is 28.3 Å². The molecule has 2 aliphatic heterocycles. The largest absolute Gasteiger partial charge is 0.504 e. The van der Waals surface area contributed by atoms with Crippen LogP contribution < -0.4 is 24.8 Å². The molecule has 0 spiro atoms. The van der Waals surface area contributed by atoms with Gasteiger partial charge in [0, 0.05) is 22.9 Å². The average molecular weight is 514 g/mol. The topological polar surface area (TPSA) is 76.6 Å². The molecule has 0 bridgehead atoms. The van der Waals surface area contributed by atoms with E-state index < -0.39 is 0 Å². The minimum atomic E-state index is -0.320. The molecule has 3 aromatic carbocycles. The molecule has 0 fully saturated rings. The van der Waals surface area contributed by atoms with Crippen LogP contribution in [0.3, 0.4) is 0 Å². The molecule has 0 aromatic heterocycles. The lowest BCUT2D eigenvalue weighted by Crippen LogP contribution is -2.89. The zero-order valence-corrected chi connectivity index (χ0v) is 19.4. The predicted molar refractivity (Wildman–Crippen MR) is 124 cm³/mol. The van der Waals surface area contributed by atoms with Crippen LogP contribution in [0.5, 0.6) is 23.0 Å². The highest BCUT2D eigenvalue weighted by Crippen LogP contribution is 2.38. The van der Waals surface area contributed by atoms with Crippen molar-refractivity contribution in [3.63, 3.8) is 0 Å². The number of aromatic hydroxyl groups is 1. The Morgan fingerprint density at radius 2 is 2.00 bits per heavy atom. The molecule has 3 aromatic rings. The van der Waals surface area contributed by atoms with Gasteiger partial charge in [-0.3, -0.25) is 0 Å². The highest BCUT2D eigenvalue weighted by Gasteiger charge is 2.31. The number of nitrogens with one attached hydrogen (secondary N) is 1. The number of quaternary nitrogens is 1. The highest BCUT2D eigenvalue weighted by atomic mass is 79.9. The van der Waals surface area contributed by atoms with E-state index in [4.69, 9.17) is 14.2 Å². The molecule has 5 rings (SSSR count). The van der Waals surface area contributed by atoms with Crippen LogP contribution in [-0.2, 0) is 0 Å². The zero-order valence-electron chi connectivity index (χ0n) is 17.8. The lowest BCUT2D eigenvalue weighted by Gasteiger charge is -2.30. The van der Waals surface area contributed by atoms with E-state index in [-0.39, 0.29) is 30.6 Å². The van der Waals surface area contributed by atoms with Gasteiger partial charge >= 0.3 is 0 Å². The number of fused-ring (bicyclic) bond motifs is 1. The second kappa shape index (κ2) is 8.96. The van der Waals surface area contributed by atoms with Gasteiger partial charge in [0.1, 0.15) is 11.9 Å². The number of hydrogen-bond donors (Lipinski definition) is 3. The van der Waals surface area contributed by atoms with E-state index in [1.54, 1.807) is 18.2 Å². The summed E-state index contributed by atoms with van der Waals surface area (Å²) in [6, 6.07) is 16.0. The SMILES string of the molecule is CCOc1cccc(C2C=C(c3ccc4c(c3)OCO4)NC(c3ccc(F)c(Br)c3)[NH2+]2)c1O. The third-order valence-electron chi connectivity index (χ3n) is 5.73. The fraction of sp³-hybridized carbons (Fsp3) is 0.200. The summed E-state index contributed by atoms with van der Waals surface area (Å²) < 4.78 is 30.9. The van der Waals surface area contributed by atoms with Crippen molar-refractivity contribution in [2.24, 2.45) is 0 Å². The summed E-state index contributed by atoms with van der Waals surface area (Å²) in [6.45, 7) is 2.53. The van der Waals surface area contributed by atoms with E-state index in [1.165, 1.54) is 6.07 Å². The van der Waals surface area contributed by atoms with Gasteiger partial charge in [0.15, 0.2) is 29.2 Å². The van der Waals surface area contributed by atoms with Crippen LogP contribution in [0.15, 0.2) is 65.1 Å². The van der Waals surface area contributed by atoms with Crippen molar-refractivity contribution in [2.45, 2.75) is 19.1 Å². The number of phenols is 1. The molecule has 6 nitrogen and oxygen atoms in total. The summed E-state index contributed by atoms with van der Waals surface area (Å²) in [4.78, 5) is 0. The van der Waals surface area contributed by atoms with Gasteiger partial charge < -0.3 is 30.0 Å². The van der Waals surface area contributed by atoms with Gasteiger partial charge in [-0.2, -0.15) is 0 Å². The molecule has 170 valence electrons. The van der Waals surface area contributed by atoms with Gasteiger partial charge in [-0.05, 0) is 71.4 Å². The Morgan fingerprint density at radius 3 is 2.82 bits per heavy atom. The van der Waals surface area contributed by atoms with Crippen LogP contribution in [0, 0.1) is 5.82 Å². The first-order valence-corrected chi connectivity index (χ1v) is 11.5. The summed E-state index contributed by atoms with van der Waals surface area (Å²) in [6.07, 6.45) is 1.82. The number of ether oxygens (including phenoxy) is 3. The second-order valence-corrected chi connectivity index (χ2v) is 8.64. The van der Waals surface area contributed by atoms with Crippen molar-refractivity contribution in [2.75, 3.05) is 13.4 Å². The van der Waals surface area contributed by atoms with E-state index in [2.05, 4.69) is 32.6 Å². The number of phenolic OH excluding ortho intramolecular Hbond substituents is 1. The Kier molecular flexibility index (Phi) is 5.86. The molecule has 0 aliphatic carbocycles. The first-order valence-electron chi connectivity index (χ1n) is 10.7. The van der Waals surface area contributed by atoms with Crippen molar-refractivity contribution < 1.29 is 29.0 Å². The Morgan fingerprint density at radius 1 is 1.15 bits per heavy atom. The molecule has 2 aliphatic rings. The monoisotopic (exact) mass is 513 g/mol. The fourth-order valence-electron chi connectivity index (χ4n) is 4.12. The first-order chi connectivity index (χ1) is 16.0. The molecule has 8 heteroatoms. The lowest BCUT2D eigenvalue weighted by atomic mass is 9.97. The molecule has 0 saturated heterocycles. The van der Waals surface area contributed by atoms with Crippen molar-refractivity contribution in [3.8, 4) is 23.0 Å². The van der Waals surface area contributed by atoms with Gasteiger partial charge in [-0.1, -0.05) is 6.07 Å². The Hall–Kier alpha value is -3.23. The number of hydrogen-bond acceptors (Lipinski definition) is 5. The van der Waals surface area contributed by atoms with Crippen molar-refractivity contribution >= 4 is 21.6 Å². The average Bonchev–Trinajstić information content (AvgIpc) is 3.30. The highest BCUT2D eigenvalue weighted by molar-refractivity contribution is 9.10. The summed E-state index contributed by atoms with van der Waals surface area (Å²) in [5.41, 5.74) is 3.41. The number of benzene rings is 3. The van der Waals surface area contributed by atoms with Crippen molar-refractivity contribution in [3.05, 3.63) is 87.7 Å². The maximum atomic E-state index is 13.9. The van der Waals surface area contributed by atoms with Crippen LogP contribution in [0.4, 0.5) is 4.39 Å². The minimum Gasteiger partial charge on any atom is -0.504 e. The van der Waals surface area contributed by atoms with Crippen LogP contribution in [0.25, 0.3) is 5.70 Å². The van der Waals surface area contributed by atoms with Crippen LogP contribution in [-0.4, -0.2) is 18.5 Å². The van der Waals surface area contributed by atoms with Crippen LogP contribution in [0.1, 0.15) is 35.8 Å². The number of rotatable bonds is 5. The predicted octanol–water partition coefficient (Wildman–Crippen LogP) is 4.37. The first kappa shape index (κ1) is 21.6. The van der Waals surface area contributed by atoms with E-state index in [9.17, 15) is 9.50 Å². The molecular weight excluding hydrogens is 491 g/mol. The third-order valence-corrected chi connectivity index (χ3v) is 6.34. The summed E-state index contributed by atoms with van der Waals surface area (Å²) >= 11 is 3.29. The Bertz CT molecular complexity index is 1230. The maximum Gasteiger partial charge on any atom is 0.231 e. The standard InChI is InChI=1S/C25H22BrFN2O4/c1-2-31-22-5-3-4-16(24(22)30)20-12-19(14-7-9-21-23(11-14)33-13-32-21)28-25(29-20)15-6-8-18(27)17(26)10-15/h3-12,20,25,28-30H,2,13H2,1H3/p+1. The summed E-state index contributed by atoms with van der Waals surface area (Å²) in [5.74, 6) is 1.63. The van der Waals surface area contributed by atoms with Crippen molar-refractivity contribution in [1.82, 2.24) is 5.32 Å². The van der Waals surface area contributed by atoms with E-state index >= 15 is 0 Å². The second-order valence-electron chi connectivity index (χ2n) is 7.79. The number of halogens is 2. The van der Waals surface area contributed by atoms with Gasteiger partial charge in [0.25, 0.3) is 0 Å². The number of nitrogens with two attached hydrogens (primary N) is 1. The molecule has 2 atom stereocenters. The lowest BCUT2D eigenvalue weighted by molar-refractivity contribution is -0.731. The molecule has 33 heavy (non-hydrogen) atoms. The Balaban J connectivity index is 1.57. The van der Waals surface area contributed by atoms with E-state index in [0.717, 1.165) is 22.4 Å². The van der Waals surface area contributed by atoms with Gasteiger partial charge in [-0.15, -0.1) is 0 Å². The van der Waals surface area contributed by atoms with Gasteiger partial charge in [-0.25, -0.2) is 4.39 Å². The maximum absolute atomic E-state index is 13.9. The molecule has 0 amide bonds. The Labute approximate surface area is 199 Å². The normalized spacial score (nSPS) is 19.1. The third kappa shape index (κ3) is 4.24. The quantitative estimate of drug-likeness (QED) is 0.472. The number of para-hydroxylation sites is 1. The fourth-order valence-corrected chi connectivity index (χ4v) is 4.52. The van der Waals surface area contributed by atoms with Crippen LogP contribution >= 0.6 is 15.9 Å².